The lowest BCUT2D eigenvalue weighted by molar-refractivity contribution is -0.137. The number of rotatable bonds is 5. The Labute approximate surface area is 168 Å². The third-order valence-corrected chi connectivity index (χ3v) is 5.31. The summed E-state index contributed by atoms with van der Waals surface area (Å²) < 4.78 is 108. The summed E-state index contributed by atoms with van der Waals surface area (Å²) in [4.78, 5) is 11.2. The number of carbonyl (C=O) groups excluding carboxylic acids is 1. The number of halogens is 4. The number of nitrogens with one attached hydrogen (secondary N) is 1. The number of anilines is 1. The molecule has 2 N–H and O–H groups in total. The first-order valence-corrected chi connectivity index (χ1v) is 9.23. The lowest BCUT2D eigenvalue weighted by atomic mass is 10.1. The van der Waals surface area contributed by atoms with Gasteiger partial charge in [-0.15, -0.1) is 0 Å². The molecule has 0 aliphatic heterocycles. The second-order valence-corrected chi connectivity index (χ2v) is 7.93. The fraction of sp³-hybridized carbons (Fsp3) is 0.222. The lowest BCUT2D eigenvalue weighted by Gasteiger charge is -2.22. The van der Waals surface area contributed by atoms with E-state index in [-0.39, 0.29) is 0 Å². The van der Waals surface area contributed by atoms with Crippen LogP contribution in [0.5, 0.6) is 0 Å². The van der Waals surface area contributed by atoms with E-state index in [0.29, 0.717) is 13.0 Å². The molecule has 1 amide bonds. The van der Waals surface area contributed by atoms with Crippen LogP contribution >= 0.6 is 0 Å². The molecule has 0 radical (unpaired) electrons. The van der Waals surface area contributed by atoms with Gasteiger partial charge in [-0.2, -0.15) is 18.4 Å². The monoisotopic (exact) mass is 434 g/mol. The van der Waals surface area contributed by atoms with Crippen molar-refractivity contribution in [1.29, 1.82) is 5.26 Å². The van der Waals surface area contributed by atoms with E-state index in [0.717, 1.165) is 12.1 Å². The van der Waals surface area contributed by atoms with Gasteiger partial charge in [-0.25, -0.2) is 12.8 Å². The molecule has 154 valence electrons. The van der Waals surface area contributed by atoms with E-state index in [1.807, 2.05) is 5.32 Å². The van der Waals surface area contributed by atoms with E-state index in [4.69, 9.17) is 10.7 Å². The van der Waals surface area contributed by atoms with Crippen LogP contribution in [0.15, 0.2) is 47.3 Å². The van der Waals surface area contributed by atoms with Crippen LogP contribution in [-0.2, 0) is 20.8 Å². The van der Waals surface area contributed by atoms with Gasteiger partial charge in [0.1, 0.15) is 5.82 Å². The van der Waals surface area contributed by atoms with Crippen molar-refractivity contribution in [3.8, 4) is 6.07 Å². The predicted molar refractivity (Wildman–Crippen MR) is 93.9 cm³/mol. The molecule has 0 fully saturated rings. The minimum Gasteiger partial charge on any atom is -0.379 e. The van der Waals surface area contributed by atoms with Crippen molar-refractivity contribution in [2.24, 2.45) is 0 Å². The zero-order chi connectivity index (χ0) is 25.5. The molecule has 0 heterocycles. The summed E-state index contributed by atoms with van der Waals surface area (Å²) in [7, 11) is -4.94. The average molecular weight is 434 g/mol. The number of nitrogens with zero attached hydrogens (tertiary/aromatic N) is 1. The van der Waals surface area contributed by atoms with E-state index < -0.39 is 85.0 Å². The zero-order valence-corrected chi connectivity index (χ0v) is 15.3. The Balaban J connectivity index is 2.41. The smallest absolute Gasteiger partial charge is 0.379 e. The Kier molecular flexibility index (Phi) is 4.56. The van der Waals surface area contributed by atoms with Gasteiger partial charge in [0.2, 0.25) is 0 Å². The number of nitriles is 1. The minimum atomic E-state index is -4.95. The SMILES string of the molecule is [2H]c1c([2H])c(S(=O)(=O)C[C@](C)(O)C(=O)Nc2ccc(C#N)c(C(F)(F)F)c2)c([2H])c([2H])c1F. The second-order valence-electron chi connectivity index (χ2n) is 6.00. The summed E-state index contributed by atoms with van der Waals surface area (Å²) in [5.41, 5.74) is -5.47. The van der Waals surface area contributed by atoms with Crippen LogP contribution in [0.1, 0.15) is 23.5 Å². The molecule has 2 rings (SSSR count). The van der Waals surface area contributed by atoms with E-state index in [9.17, 15) is 35.9 Å². The van der Waals surface area contributed by atoms with Gasteiger partial charge in [0.05, 0.1) is 33.3 Å². The summed E-state index contributed by atoms with van der Waals surface area (Å²) in [6.07, 6.45) is -4.95. The fourth-order valence-electron chi connectivity index (χ4n) is 2.17. The molecule has 1 atom stereocenters. The minimum absolute atomic E-state index is 0.406. The van der Waals surface area contributed by atoms with Crippen LogP contribution in [0.25, 0.3) is 0 Å². The number of alkyl halides is 3. The summed E-state index contributed by atoms with van der Waals surface area (Å²) >= 11 is 0. The number of sulfone groups is 1. The summed E-state index contributed by atoms with van der Waals surface area (Å²) in [6, 6.07) is -1.67. The van der Waals surface area contributed by atoms with Crippen molar-refractivity contribution in [3.63, 3.8) is 0 Å². The van der Waals surface area contributed by atoms with Gasteiger partial charge in [0.15, 0.2) is 15.4 Å². The molecule has 11 heteroatoms. The fourth-order valence-corrected chi connectivity index (χ4v) is 3.60. The summed E-state index contributed by atoms with van der Waals surface area (Å²) in [5, 5.41) is 21.1. The van der Waals surface area contributed by atoms with E-state index in [1.165, 1.54) is 6.07 Å². The van der Waals surface area contributed by atoms with Crippen LogP contribution in [-0.4, -0.2) is 30.8 Å². The van der Waals surface area contributed by atoms with Gasteiger partial charge in [0.25, 0.3) is 5.91 Å². The van der Waals surface area contributed by atoms with Crippen LogP contribution < -0.4 is 5.32 Å². The quantitative estimate of drug-likeness (QED) is 0.556. The molecule has 0 unspecified atom stereocenters. The number of carbonyl (C=O) groups is 1. The first-order chi connectivity index (χ1) is 14.9. The number of hydrogen-bond donors (Lipinski definition) is 2. The van der Waals surface area contributed by atoms with Crippen molar-refractivity contribution in [2.75, 3.05) is 11.1 Å². The standard InChI is InChI=1S/C18H14F4N2O4S/c1-17(26,10-29(27,28)14-6-3-12(19)4-7-14)16(25)24-13-5-2-11(9-23)15(8-13)18(20,21)22/h2-8,26H,10H2,1H3,(H,24,25)/t17-/m0/s1/i3D,4D,6D,7D. The maximum Gasteiger partial charge on any atom is 0.417 e. The largest absolute Gasteiger partial charge is 0.417 e. The summed E-state index contributed by atoms with van der Waals surface area (Å²) in [6.45, 7) is 0.689. The van der Waals surface area contributed by atoms with Crippen molar-refractivity contribution in [3.05, 3.63) is 59.3 Å². The molecule has 6 nitrogen and oxygen atoms in total. The maximum absolute atomic E-state index is 13.7. The Hall–Kier alpha value is -2.97. The molecule has 2 aromatic carbocycles. The number of hydrogen-bond acceptors (Lipinski definition) is 5. The lowest BCUT2D eigenvalue weighted by Crippen LogP contribution is -2.45. The Bertz CT molecular complexity index is 1260. The number of amides is 1. The predicted octanol–water partition coefficient (Wildman–Crippen LogP) is 2.88. The highest BCUT2D eigenvalue weighted by Gasteiger charge is 2.38. The molecule has 29 heavy (non-hydrogen) atoms. The number of benzene rings is 2. The van der Waals surface area contributed by atoms with Crippen LogP contribution in [0.4, 0.5) is 23.2 Å². The second kappa shape index (κ2) is 7.81. The van der Waals surface area contributed by atoms with Crippen molar-refractivity contribution < 1.29 is 41.4 Å². The molecule has 0 saturated carbocycles. The molecular weight excluding hydrogens is 416 g/mol. The Morgan fingerprint density at radius 1 is 1.28 bits per heavy atom. The Morgan fingerprint density at radius 2 is 1.86 bits per heavy atom. The topological polar surface area (TPSA) is 107 Å². The third-order valence-electron chi connectivity index (χ3n) is 3.55. The first kappa shape index (κ1) is 16.9. The highest BCUT2D eigenvalue weighted by Crippen LogP contribution is 2.33. The molecular formula is C18H14F4N2O4S. The Morgan fingerprint density at radius 3 is 2.38 bits per heavy atom. The molecule has 0 saturated heterocycles. The highest BCUT2D eigenvalue weighted by molar-refractivity contribution is 7.91. The molecule has 0 spiro atoms. The van der Waals surface area contributed by atoms with Crippen LogP contribution in [0, 0.1) is 17.1 Å². The third kappa shape index (κ3) is 5.30. The van der Waals surface area contributed by atoms with E-state index in [2.05, 4.69) is 0 Å². The van der Waals surface area contributed by atoms with Crippen LogP contribution in [0.3, 0.4) is 0 Å². The average Bonchev–Trinajstić information content (AvgIpc) is 2.69. The van der Waals surface area contributed by atoms with Crippen molar-refractivity contribution in [2.45, 2.75) is 23.6 Å². The molecule has 2 aromatic rings. The van der Waals surface area contributed by atoms with Crippen molar-refractivity contribution >= 4 is 21.4 Å². The van der Waals surface area contributed by atoms with Gasteiger partial charge in [0, 0.05) is 5.69 Å². The van der Waals surface area contributed by atoms with Gasteiger partial charge in [-0.1, -0.05) is 0 Å². The normalized spacial score (nSPS) is 15.9. The number of aliphatic hydroxyl groups is 1. The van der Waals surface area contributed by atoms with Crippen LogP contribution in [0.2, 0.25) is 0 Å². The molecule has 0 aromatic heterocycles. The van der Waals surface area contributed by atoms with Gasteiger partial charge < -0.3 is 10.4 Å². The first-order valence-electron chi connectivity index (χ1n) is 9.57. The summed E-state index contributed by atoms with van der Waals surface area (Å²) in [5.74, 6) is -4.59. The highest BCUT2D eigenvalue weighted by atomic mass is 32.2. The van der Waals surface area contributed by atoms with E-state index in [1.54, 1.807) is 0 Å². The maximum atomic E-state index is 13.7. The van der Waals surface area contributed by atoms with Crippen molar-refractivity contribution in [1.82, 2.24) is 0 Å². The zero-order valence-electron chi connectivity index (χ0n) is 18.5. The van der Waals surface area contributed by atoms with E-state index >= 15 is 0 Å². The van der Waals surface area contributed by atoms with Gasteiger partial charge in [-0.05, 0) is 49.3 Å². The van der Waals surface area contributed by atoms with Gasteiger partial charge in [-0.3, -0.25) is 4.79 Å². The molecule has 0 bridgehead atoms. The van der Waals surface area contributed by atoms with Gasteiger partial charge >= 0.3 is 6.18 Å². The molecule has 0 aliphatic carbocycles. The molecule has 0 aliphatic rings.